The lowest BCUT2D eigenvalue weighted by atomic mass is 10.0. The van der Waals surface area contributed by atoms with Gasteiger partial charge in [0.2, 0.25) is 0 Å². The van der Waals surface area contributed by atoms with Crippen molar-refractivity contribution in [3.05, 3.63) is 47.4 Å². The third kappa shape index (κ3) is 2.78. The van der Waals surface area contributed by atoms with Gasteiger partial charge in [-0.1, -0.05) is 17.7 Å². The first-order chi connectivity index (χ1) is 8.99. The van der Waals surface area contributed by atoms with Crippen molar-refractivity contribution in [3.8, 4) is 11.3 Å². The maximum absolute atomic E-state index is 11.9. The normalized spacial score (nSPS) is 10.3. The van der Waals surface area contributed by atoms with E-state index in [1.807, 2.05) is 19.9 Å². The van der Waals surface area contributed by atoms with Gasteiger partial charge >= 0.3 is 0 Å². The zero-order valence-corrected chi connectivity index (χ0v) is 11.6. The average Bonchev–Trinajstić information content (AvgIpc) is 2.40. The molecule has 0 bridgehead atoms. The maximum Gasteiger partial charge on any atom is 0.273 e. The van der Waals surface area contributed by atoms with Gasteiger partial charge in [-0.3, -0.25) is 9.78 Å². The van der Waals surface area contributed by atoms with Crippen LogP contribution in [0.25, 0.3) is 11.3 Å². The topological polar surface area (TPSA) is 46.1 Å². The van der Waals surface area contributed by atoms with E-state index in [9.17, 15) is 4.79 Å². The molecule has 1 aromatic carbocycles. The van der Waals surface area contributed by atoms with Gasteiger partial charge in [0.05, 0.1) is 18.1 Å². The Balaban J connectivity index is 2.49. The first-order valence-corrected chi connectivity index (χ1v) is 6.10. The fraction of sp³-hybridized carbons (Fsp3) is 0.267. The molecule has 0 atom stereocenters. The fourth-order valence-corrected chi connectivity index (χ4v) is 1.84. The quantitative estimate of drug-likeness (QED) is 0.828. The largest absolute Gasteiger partial charge is 0.343 e. The molecule has 0 spiro atoms. The number of benzene rings is 1. The molecule has 0 fully saturated rings. The number of aromatic nitrogens is 2. The van der Waals surface area contributed by atoms with Gasteiger partial charge < -0.3 is 4.90 Å². The Labute approximate surface area is 113 Å². The molecule has 1 heterocycles. The highest BCUT2D eigenvalue weighted by atomic mass is 16.2. The zero-order chi connectivity index (χ0) is 14.0. The lowest BCUT2D eigenvalue weighted by molar-refractivity contribution is 0.0821. The highest BCUT2D eigenvalue weighted by Gasteiger charge is 2.12. The van der Waals surface area contributed by atoms with E-state index in [1.54, 1.807) is 20.3 Å². The summed E-state index contributed by atoms with van der Waals surface area (Å²) in [6.07, 6.45) is 3.19. The third-order valence-electron chi connectivity index (χ3n) is 2.93. The molecule has 4 heteroatoms. The first-order valence-electron chi connectivity index (χ1n) is 6.10. The molecule has 0 aliphatic heterocycles. The van der Waals surface area contributed by atoms with Crippen molar-refractivity contribution in [2.24, 2.45) is 0 Å². The van der Waals surface area contributed by atoms with Crippen LogP contribution in [0.5, 0.6) is 0 Å². The van der Waals surface area contributed by atoms with E-state index in [-0.39, 0.29) is 5.91 Å². The number of hydrogen-bond donors (Lipinski definition) is 0. The average molecular weight is 255 g/mol. The molecular weight excluding hydrogens is 238 g/mol. The van der Waals surface area contributed by atoms with Crippen molar-refractivity contribution in [2.45, 2.75) is 13.8 Å². The van der Waals surface area contributed by atoms with Gasteiger partial charge in [-0.2, -0.15) is 0 Å². The van der Waals surface area contributed by atoms with Crippen LogP contribution in [0, 0.1) is 13.8 Å². The summed E-state index contributed by atoms with van der Waals surface area (Å²) in [6, 6.07) is 6.16. The van der Waals surface area contributed by atoms with Crippen molar-refractivity contribution in [1.29, 1.82) is 0 Å². The summed E-state index contributed by atoms with van der Waals surface area (Å²) in [5.74, 6) is -0.139. The summed E-state index contributed by atoms with van der Waals surface area (Å²) < 4.78 is 0. The Bertz CT molecular complexity index is 621. The van der Waals surface area contributed by atoms with Crippen LogP contribution in [-0.2, 0) is 0 Å². The summed E-state index contributed by atoms with van der Waals surface area (Å²) in [6.45, 7) is 4.06. The van der Waals surface area contributed by atoms with Crippen molar-refractivity contribution >= 4 is 5.91 Å². The van der Waals surface area contributed by atoms with Gasteiger partial charge in [0.15, 0.2) is 0 Å². The molecule has 0 saturated carbocycles. The van der Waals surface area contributed by atoms with Crippen molar-refractivity contribution < 1.29 is 4.79 Å². The van der Waals surface area contributed by atoms with E-state index in [0.717, 1.165) is 22.4 Å². The third-order valence-corrected chi connectivity index (χ3v) is 2.93. The van der Waals surface area contributed by atoms with Gasteiger partial charge in [0.25, 0.3) is 5.91 Å². The monoisotopic (exact) mass is 255 g/mol. The number of carbonyl (C=O) groups is 1. The van der Waals surface area contributed by atoms with E-state index >= 15 is 0 Å². The molecule has 1 aromatic heterocycles. The van der Waals surface area contributed by atoms with Crippen LogP contribution < -0.4 is 0 Å². The Morgan fingerprint density at radius 3 is 2.58 bits per heavy atom. The summed E-state index contributed by atoms with van der Waals surface area (Å²) in [4.78, 5) is 21.9. The van der Waals surface area contributed by atoms with Crippen LogP contribution in [0.4, 0.5) is 0 Å². The molecule has 0 N–H and O–H groups in total. The fourth-order valence-electron chi connectivity index (χ4n) is 1.84. The Hall–Kier alpha value is -2.23. The van der Waals surface area contributed by atoms with Crippen LogP contribution >= 0.6 is 0 Å². The Morgan fingerprint density at radius 1 is 1.16 bits per heavy atom. The highest BCUT2D eigenvalue weighted by molar-refractivity contribution is 5.92. The molecule has 1 amide bonds. The molecule has 98 valence electrons. The molecule has 0 radical (unpaired) electrons. The molecule has 0 unspecified atom stereocenters. The van der Waals surface area contributed by atoms with Gasteiger partial charge in [0, 0.05) is 19.7 Å². The molecule has 2 rings (SSSR count). The minimum atomic E-state index is -0.139. The standard InChI is InChI=1S/C15H17N3O/c1-10-5-6-11(2)12(7-10)13-8-16-9-14(17-13)15(19)18(3)4/h5-9H,1-4H3. The molecule has 2 aromatic rings. The Morgan fingerprint density at radius 2 is 1.89 bits per heavy atom. The van der Waals surface area contributed by atoms with E-state index in [2.05, 4.69) is 22.1 Å². The SMILES string of the molecule is Cc1ccc(C)c(-c2cncc(C(=O)N(C)C)n2)c1. The lowest BCUT2D eigenvalue weighted by Gasteiger charge is -2.11. The smallest absolute Gasteiger partial charge is 0.273 e. The minimum Gasteiger partial charge on any atom is -0.343 e. The van der Waals surface area contributed by atoms with Crippen molar-refractivity contribution in [2.75, 3.05) is 14.1 Å². The summed E-state index contributed by atoms with van der Waals surface area (Å²) >= 11 is 0. The number of nitrogens with zero attached hydrogens (tertiary/aromatic N) is 3. The van der Waals surface area contributed by atoms with Crippen LogP contribution in [-0.4, -0.2) is 34.9 Å². The predicted octanol–water partition coefficient (Wildman–Crippen LogP) is 2.46. The highest BCUT2D eigenvalue weighted by Crippen LogP contribution is 2.22. The maximum atomic E-state index is 11.9. The molecule has 19 heavy (non-hydrogen) atoms. The lowest BCUT2D eigenvalue weighted by Crippen LogP contribution is -2.23. The van der Waals surface area contributed by atoms with Gasteiger partial charge in [-0.15, -0.1) is 0 Å². The van der Waals surface area contributed by atoms with Crippen LogP contribution in [0.1, 0.15) is 21.6 Å². The van der Waals surface area contributed by atoms with Gasteiger partial charge in [-0.05, 0) is 25.5 Å². The number of rotatable bonds is 2. The molecule has 0 aliphatic rings. The second kappa shape index (κ2) is 5.18. The van der Waals surface area contributed by atoms with E-state index in [1.165, 1.54) is 11.1 Å². The number of amides is 1. The summed E-state index contributed by atoms with van der Waals surface area (Å²) in [5, 5.41) is 0. The summed E-state index contributed by atoms with van der Waals surface area (Å²) in [5.41, 5.74) is 4.39. The Kier molecular flexibility index (Phi) is 3.60. The van der Waals surface area contributed by atoms with Crippen LogP contribution in [0.15, 0.2) is 30.6 Å². The second-order valence-corrected chi connectivity index (χ2v) is 4.81. The van der Waals surface area contributed by atoms with Crippen molar-refractivity contribution in [1.82, 2.24) is 14.9 Å². The molecule has 0 saturated heterocycles. The number of aryl methyl sites for hydroxylation is 2. The number of carbonyl (C=O) groups excluding carboxylic acids is 1. The minimum absolute atomic E-state index is 0.139. The van der Waals surface area contributed by atoms with E-state index in [0.29, 0.717) is 5.69 Å². The van der Waals surface area contributed by atoms with Crippen LogP contribution in [0.3, 0.4) is 0 Å². The summed E-state index contributed by atoms with van der Waals surface area (Å²) in [7, 11) is 3.41. The molecular formula is C15H17N3O. The van der Waals surface area contributed by atoms with E-state index < -0.39 is 0 Å². The molecule has 4 nitrogen and oxygen atoms in total. The first kappa shape index (κ1) is 13.2. The van der Waals surface area contributed by atoms with Gasteiger partial charge in [-0.25, -0.2) is 4.98 Å². The van der Waals surface area contributed by atoms with Crippen molar-refractivity contribution in [3.63, 3.8) is 0 Å². The predicted molar refractivity (Wildman–Crippen MR) is 75.0 cm³/mol. The zero-order valence-electron chi connectivity index (χ0n) is 11.6. The van der Waals surface area contributed by atoms with Gasteiger partial charge in [0.1, 0.15) is 5.69 Å². The van der Waals surface area contributed by atoms with Crippen LogP contribution in [0.2, 0.25) is 0 Å². The van der Waals surface area contributed by atoms with E-state index in [4.69, 9.17) is 0 Å². The number of hydrogen-bond acceptors (Lipinski definition) is 3. The second-order valence-electron chi connectivity index (χ2n) is 4.81. The molecule has 0 aliphatic carbocycles.